The predicted molar refractivity (Wildman–Crippen MR) is 76.0 cm³/mol. The monoisotopic (exact) mass is 329 g/mol. The van der Waals surface area contributed by atoms with Crippen LogP contribution in [-0.4, -0.2) is 5.91 Å². The molecule has 2 aromatic rings. The van der Waals surface area contributed by atoms with Crippen LogP contribution in [0.4, 0.5) is 13.2 Å². The lowest BCUT2D eigenvalue weighted by Crippen LogP contribution is -2.19. The minimum absolute atomic E-state index is 0.199. The Morgan fingerprint density at radius 3 is 2.73 bits per heavy atom. The molecule has 2 rings (SSSR count). The van der Waals surface area contributed by atoms with Gasteiger partial charge < -0.3 is 9.73 Å². The second-order valence-corrected chi connectivity index (χ2v) is 4.77. The molecule has 0 atom stereocenters. The first-order valence-electron chi connectivity index (χ1n) is 6.21. The summed E-state index contributed by atoms with van der Waals surface area (Å²) >= 11 is 5.52. The molecule has 1 amide bonds. The molecule has 0 saturated carbocycles. The zero-order valence-electron chi connectivity index (χ0n) is 11.2. The largest absolute Gasteiger partial charge is 0.467 e. The third kappa shape index (κ3) is 4.39. The minimum Gasteiger partial charge on any atom is -0.467 e. The van der Waals surface area contributed by atoms with Crippen molar-refractivity contribution < 1.29 is 22.4 Å². The van der Waals surface area contributed by atoms with Gasteiger partial charge in [0.05, 0.1) is 23.4 Å². The third-order valence-electron chi connectivity index (χ3n) is 2.74. The van der Waals surface area contributed by atoms with Crippen LogP contribution in [0.5, 0.6) is 0 Å². The summed E-state index contributed by atoms with van der Waals surface area (Å²) in [6.07, 6.45) is -0.637. The normalized spacial score (nSPS) is 11.8. The first-order chi connectivity index (χ1) is 10.4. The molecule has 0 unspecified atom stereocenters. The van der Waals surface area contributed by atoms with E-state index >= 15 is 0 Å². The van der Waals surface area contributed by atoms with Crippen LogP contribution in [-0.2, 0) is 17.5 Å². The number of nitrogens with one attached hydrogen (secondary N) is 1. The molecule has 1 aromatic heterocycles. The zero-order chi connectivity index (χ0) is 16.2. The van der Waals surface area contributed by atoms with E-state index in [2.05, 4.69) is 5.32 Å². The first-order valence-corrected chi connectivity index (χ1v) is 6.59. The molecule has 116 valence electrons. The van der Waals surface area contributed by atoms with Gasteiger partial charge in [-0.3, -0.25) is 4.79 Å². The summed E-state index contributed by atoms with van der Waals surface area (Å²) in [7, 11) is 0. The fraction of sp³-hybridized carbons (Fsp3) is 0.133. The molecule has 0 radical (unpaired) electrons. The topological polar surface area (TPSA) is 42.2 Å². The van der Waals surface area contributed by atoms with E-state index in [4.69, 9.17) is 16.0 Å². The van der Waals surface area contributed by atoms with Gasteiger partial charge in [0.15, 0.2) is 0 Å². The van der Waals surface area contributed by atoms with E-state index in [-0.39, 0.29) is 17.1 Å². The van der Waals surface area contributed by atoms with Crippen LogP contribution in [0, 0.1) is 0 Å². The van der Waals surface area contributed by atoms with Gasteiger partial charge in [-0.05, 0) is 35.9 Å². The fourth-order valence-corrected chi connectivity index (χ4v) is 1.91. The van der Waals surface area contributed by atoms with Crippen LogP contribution in [0.2, 0.25) is 5.02 Å². The van der Waals surface area contributed by atoms with Crippen LogP contribution in [0.15, 0.2) is 47.1 Å². The molecule has 1 N–H and O–H groups in total. The van der Waals surface area contributed by atoms with Crippen molar-refractivity contribution in [3.63, 3.8) is 0 Å². The highest BCUT2D eigenvalue weighted by atomic mass is 35.5. The molecule has 22 heavy (non-hydrogen) atoms. The lowest BCUT2D eigenvalue weighted by Gasteiger charge is -2.09. The molecule has 0 fully saturated rings. The maximum Gasteiger partial charge on any atom is 0.417 e. The summed E-state index contributed by atoms with van der Waals surface area (Å²) < 4.78 is 43.2. The number of hydrogen-bond acceptors (Lipinski definition) is 2. The zero-order valence-corrected chi connectivity index (χ0v) is 11.9. The van der Waals surface area contributed by atoms with Gasteiger partial charge in [-0.2, -0.15) is 13.2 Å². The number of alkyl halides is 3. The Labute approximate surface area is 129 Å². The fourth-order valence-electron chi connectivity index (χ4n) is 1.68. The highest BCUT2D eigenvalue weighted by Gasteiger charge is 2.33. The van der Waals surface area contributed by atoms with Crippen LogP contribution >= 0.6 is 11.6 Å². The summed E-state index contributed by atoms with van der Waals surface area (Å²) in [5.41, 5.74) is -0.711. The van der Waals surface area contributed by atoms with E-state index in [1.54, 1.807) is 12.1 Å². The van der Waals surface area contributed by atoms with Crippen LogP contribution < -0.4 is 5.32 Å². The summed E-state index contributed by atoms with van der Waals surface area (Å²) in [6, 6.07) is 6.81. The van der Waals surface area contributed by atoms with E-state index in [0.717, 1.165) is 18.2 Å². The Kier molecular flexibility index (Phi) is 4.92. The van der Waals surface area contributed by atoms with Crippen molar-refractivity contribution in [3.8, 4) is 0 Å². The number of rotatable bonds is 4. The number of hydrogen-bond donors (Lipinski definition) is 1. The van der Waals surface area contributed by atoms with E-state index < -0.39 is 17.6 Å². The number of carbonyl (C=O) groups excluding carboxylic acids is 1. The lowest BCUT2D eigenvalue weighted by atomic mass is 10.1. The van der Waals surface area contributed by atoms with E-state index in [9.17, 15) is 18.0 Å². The van der Waals surface area contributed by atoms with Crippen molar-refractivity contribution in [3.05, 3.63) is 64.6 Å². The predicted octanol–water partition coefficient (Wildman–Crippen LogP) is 4.28. The van der Waals surface area contributed by atoms with Crippen molar-refractivity contribution in [2.24, 2.45) is 0 Å². The summed E-state index contributed by atoms with van der Waals surface area (Å²) in [5.74, 6) is 0.132. The highest BCUT2D eigenvalue weighted by molar-refractivity contribution is 6.31. The maximum absolute atomic E-state index is 12.7. The summed E-state index contributed by atoms with van der Waals surface area (Å²) in [6.45, 7) is 0.199. The number of furan rings is 1. The Morgan fingerprint density at radius 2 is 2.09 bits per heavy atom. The van der Waals surface area contributed by atoms with Crippen molar-refractivity contribution >= 4 is 23.6 Å². The van der Waals surface area contributed by atoms with Gasteiger partial charge in [0.25, 0.3) is 0 Å². The van der Waals surface area contributed by atoms with E-state index in [1.165, 1.54) is 18.4 Å². The van der Waals surface area contributed by atoms with Gasteiger partial charge in [0.1, 0.15) is 5.76 Å². The lowest BCUT2D eigenvalue weighted by molar-refractivity contribution is -0.137. The quantitative estimate of drug-likeness (QED) is 0.851. The van der Waals surface area contributed by atoms with Gasteiger partial charge in [-0.25, -0.2) is 0 Å². The Bertz CT molecular complexity index is 679. The summed E-state index contributed by atoms with van der Waals surface area (Å²) in [4.78, 5) is 11.6. The molecule has 0 spiro atoms. The number of benzene rings is 1. The average molecular weight is 330 g/mol. The SMILES string of the molecule is O=C(/C=C/c1ccc(Cl)c(C(F)(F)F)c1)NCc1ccco1. The van der Waals surface area contributed by atoms with Crippen LogP contribution in [0.25, 0.3) is 6.08 Å². The second-order valence-electron chi connectivity index (χ2n) is 4.37. The number of amides is 1. The molecule has 1 aromatic carbocycles. The summed E-state index contributed by atoms with van der Waals surface area (Å²) in [5, 5.41) is 2.16. The molecule has 0 aliphatic rings. The molecule has 3 nitrogen and oxygen atoms in total. The Balaban J connectivity index is 2.02. The second kappa shape index (κ2) is 6.70. The van der Waals surface area contributed by atoms with Crippen molar-refractivity contribution in [2.75, 3.05) is 0 Å². The van der Waals surface area contributed by atoms with Crippen molar-refractivity contribution in [1.29, 1.82) is 0 Å². The van der Waals surface area contributed by atoms with E-state index in [1.807, 2.05) is 0 Å². The third-order valence-corrected chi connectivity index (χ3v) is 3.07. The molecule has 0 aliphatic heterocycles. The molecule has 0 bridgehead atoms. The number of carbonyl (C=O) groups is 1. The highest BCUT2D eigenvalue weighted by Crippen LogP contribution is 2.35. The standard InChI is InChI=1S/C15H11ClF3NO2/c16-13-5-3-10(8-12(13)15(17,18)19)4-6-14(21)20-9-11-2-1-7-22-11/h1-8H,9H2,(H,20,21)/b6-4+. The van der Waals surface area contributed by atoms with Crippen molar-refractivity contribution in [1.82, 2.24) is 5.32 Å². The minimum atomic E-state index is -4.54. The van der Waals surface area contributed by atoms with Crippen molar-refractivity contribution in [2.45, 2.75) is 12.7 Å². The van der Waals surface area contributed by atoms with Gasteiger partial charge in [-0.1, -0.05) is 17.7 Å². The van der Waals surface area contributed by atoms with Gasteiger partial charge >= 0.3 is 6.18 Å². The molecular formula is C15H11ClF3NO2. The Morgan fingerprint density at radius 1 is 1.32 bits per heavy atom. The average Bonchev–Trinajstić information content (AvgIpc) is 2.96. The molecular weight excluding hydrogens is 319 g/mol. The van der Waals surface area contributed by atoms with Gasteiger partial charge in [-0.15, -0.1) is 0 Å². The van der Waals surface area contributed by atoms with Gasteiger partial charge in [0, 0.05) is 6.08 Å². The Hall–Kier alpha value is -2.21. The van der Waals surface area contributed by atoms with Crippen LogP contribution in [0.3, 0.4) is 0 Å². The first kappa shape index (κ1) is 16.2. The van der Waals surface area contributed by atoms with Gasteiger partial charge in [0.2, 0.25) is 5.91 Å². The maximum atomic E-state index is 12.7. The van der Waals surface area contributed by atoms with E-state index in [0.29, 0.717) is 5.76 Å². The molecule has 7 heteroatoms. The molecule has 0 aliphatic carbocycles. The smallest absolute Gasteiger partial charge is 0.417 e. The molecule has 0 saturated heterocycles. The van der Waals surface area contributed by atoms with Crippen LogP contribution in [0.1, 0.15) is 16.9 Å². The molecule has 1 heterocycles. The number of halogens is 4.